The van der Waals surface area contributed by atoms with Gasteiger partial charge in [-0.25, -0.2) is 19.2 Å². The van der Waals surface area contributed by atoms with E-state index in [0.29, 0.717) is 26.3 Å². The van der Waals surface area contributed by atoms with Gasteiger partial charge in [-0.15, -0.1) is 0 Å². The van der Waals surface area contributed by atoms with Crippen LogP contribution in [0.3, 0.4) is 0 Å². The first-order chi connectivity index (χ1) is 23.6. The Hall–Kier alpha value is -4.48. The van der Waals surface area contributed by atoms with Gasteiger partial charge in [-0.3, -0.25) is 0 Å². The number of hydrogen-bond donors (Lipinski definition) is 2. The zero-order valence-electron chi connectivity index (χ0n) is 30.5. The monoisotopic (exact) mass is 692 g/mol. The number of ether oxygens (including phenoxy) is 4. The molecule has 0 saturated carbocycles. The first kappa shape index (κ1) is 36.8. The quantitative estimate of drug-likeness (QED) is 0.264. The molecule has 272 valence electrons. The molecule has 4 aliphatic heterocycles. The van der Waals surface area contributed by atoms with Crippen molar-refractivity contribution < 1.29 is 38.1 Å². The number of esters is 2. The van der Waals surface area contributed by atoms with E-state index in [2.05, 4.69) is 10.6 Å². The predicted octanol–water partition coefficient (Wildman–Crippen LogP) is 6.68. The van der Waals surface area contributed by atoms with Gasteiger partial charge in [0, 0.05) is 36.3 Å². The summed E-state index contributed by atoms with van der Waals surface area (Å²) in [6.45, 7) is 16.6. The molecule has 2 saturated heterocycles. The van der Waals surface area contributed by atoms with Gasteiger partial charge < -0.3 is 39.4 Å². The highest BCUT2D eigenvalue weighted by Crippen LogP contribution is 2.48. The van der Waals surface area contributed by atoms with E-state index in [1.807, 2.05) is 90.1 Å². The second-order valence-electron chi connectivity index (χ2n) is 15.1. The van der Waals surface area contributed by atoms with Gasteiger partial charge in [0.2, 0.25) is 0 Å². The van der Waals surface area contributed by atoms with Crippen LogP contribution in [0.4, 0.5) is 21.0 Å². The van der Waals surface area contributed by atoms with Crippen molar-refractivity contribution in [2.24, 2.45) is 11.8 Å². The summed E-state index contributed by atoms with van der Waals surface area (Å²) in [6.07, 6.45) is 0.794. The van der Waals surface area contributed by atoms with Gasteiger partial charge in [0.25, 0.3) is 0 Å². The molecule has 0 radical (unpaired) electrons. The van der Waals surface area contributed by atoms with E-state index in [0.717, 1.165) is 35.3 Å². The number of para-hydroxylation sites is 2. The Morgan fingerprint density at radius 2 is 1.00 bits per heavy atom. The fourth-order valence-electron chi connectivity index (χ4n) is 7.43. The summed E-state index contributed by atoms with van der Waals surface area (Å²) in [6, 6.07) is 14.4. The van der Waals surface area contributed by atoms with Gasteiger partial charge in [-0.05, 0) is 91.5 Å². The van der Waals surface area contributed by atoms with E-state index in [4.69, 9.17) is 18.9 Å². The summed E-state index contributed by atoms with van der Waals surface area (Å²) in [5, 5.41) is 6.61. The zero-order chi connectivity index (χ0) is 36.4. The molecule has 6 atom stereocenters. The second kappa shape index (κ2) is 14.8. The van der Waals surface area contributed by atoms with Crippen LogP contribution < -0.4 is 10.6 Å². The molecular weight excluding hydrogens is 640 g/mol. The first-order valence-electron chi connectivity index (χ1n) is 17.7. The minimum Gasteiger partial charge on any atom is -0.464 e. The average molecular weight is 693 g/mol. The molecular formula is C38H52N4O8. The van der Waals surface area contributed by atoms with Crippen LogP contribution in [0.1, 0.15) is 91.4 Å². The lowest BCUT2D eigenvalue weighted by molar-refractivity contribution is -0.146. The van der Waals surface area contributed by atoms with Crippen molar-refractivity contribution in [3.05, 3.63) is 59.7 Å². The minimum atomic E-state index is -0.553. The number of likely N-dealkylation sites (tertiary alicyclic amines) is 2. The van der Waals surface area contributed by atoms with Crippen molar-refractivity contribution in [2.45, 2.75) is 104 Å². The fraction of sp³-hybridized carbons (Fsp3) is 0.579. The van der Waals surface area contributed by atoms with Crippen molar-refractivity contribution >= 4 is 35.5 Å². The Labute approximate surface area is 295 Å². The molecule has 2 N–H and O–H groups in total. The number of nitrogens with one attached hydrogen (secondary N) is 2. The molecule has 2 aromatic rings. The molecule has 0 unspecified atom stereocenters. The van der Waals surface area contributed by atoms with Gasteiger partial charge in [-0.1, -0.05) is 36.4 Å². The van der Waals surface area contributed by atoms with Gasteiger partial charge >= 0.3 is 24.1 Å². The van der Waals surface area contributed by atoms with E-state index in [1.165, 1.54) is 0 Å². The molecule has 50 heavy (non-hydrogen) atoms. The molecule has 0 aromatic heterocycles. The minimum absolute atomic E-state index is 0.0264. The largest absolute Gasteiger partial charge is 0.464 e. The van der Waals surface area contributed by atoms with E-state index < -0.39 is 23.3 Å². The number of carbonyl (C=O) groups excluding carboxylic acids is 4. The molecule has 2 aromatic carbocycles. The van der Waals surface area contributed by atoms with Crippen LogP contribution in [0.2, 0.25) is 0 Å². The average Bonchev–Trinajstić information content (AvgIpc) is 3.69. The Balaban J connectivity index is 0.000000194. The maximum absolute atomic E-state index is 12.7. The molecule has 2 amide bonds. The number of amides is 2. The van der Waals surface area contributed by atoms with Gasteiger partial charge in [0.15, 0.2) is 0 Å². The molecule has 0 spiro atoms. The summed E-state index contributed by atoms with van der Waals surface area (Å²) in [5.41, 5.74) is 2.69. The molecule has 4 aliphatic rings. The van der Waals surface area contributed by atoms with Crippen molar-refractivity contribution in [2.75, 3.05) is 36.9 Å². The standard InChI is InChI=1S/2C19H26N2O4/c2*1-5-24-17(22)15-13-10-11-21(18(23)25-19(2,3)4)16(13)12-8-6-7-9-14(12)20-15/h2*6-9,13,15-16,20H,5,10-11H2,1-4H3/t2*13-,15+,16+/m10/s1. The van der Waals surface area contributed by atoms with Crippen LogP contribution in [0.15, 0.2) is 48.5 Å². The van der Waals surface area contributed by atoms with Crippen LogP contribution in [0, 0.1) is 11.8 Å². The molecule has 12 heteroatoms. The number of nitrogens with zero attached hydrogens (tertiary/aromatic N) is 2. The third-order valence-electron chi connectivity index (χ3n) is 9.26. The molecule has 0 bridgehead atoms. The van der Waals surface area contributed by atoms with Crippen LogP contribution in [0.5, 0.6) is 0 Å². The number of benzene rings is 2. The van der Waals surface area contributed by atoms with E-state index in [1.54, 1.807) is 23.6 Å². The SMILES string of the molecule is CCOC(=O)[C@@H]1Nc2ccccc2[C@@H]2[C@H]1CCN2C(=O)OC(C)(C)C.CCOC(=O)[C@H]1Nc2ccccc2[C@H]2[C@@H]1CCN2C(=O)OC(C)(C)C. The Bertz CT molecular complexity index is 1450. The normalized spacial score (nSPS) is 24.8. The highest BCUT2D eigenvalue weighted by atomic mass is 16.6. The molecule has 6 rings (SSSR count). The molecule has 2 fully saturated rings. The van der Waals surface area contributed by atoms with Crippen molar-refractivity contribution in [1.82, 2.24) is 9.80 Å². The Morgan fingerprint density at radius 1 is 0.640 bits per heavy atom. The van der Waals surface area contributed by atoms with E-state index in [9.17, 15) is 19.2 Å². The maximum Gasteiger partial charge on any atom is 0.410 e. The van der Waals surface area contributed by atoms with Gasteiger partial charge in [-0.2, -0.15) is 0 Å². The summed E-state index contributed by atoms with van der Waals surface area (Å²) >= 11 is 0. The number of rotatable bonds is 4. The zero-order valence-corrected chi connectivity index (χ0v) is 30.5. The molecule has 4 heterocycles. The third-order valence-corrected chi connectivity index (χ3v) is 9.26. The van der Waals surface area contributed by atoms with E-state index in [-0.39, 0.29) is 48.0 Å². The second-order valence-corrected chi connectivity index (χ2v) is 15.1. The molecule has 0 aliphatic carbocycles. The molecule has 12 nitrogen and oxygen atoms in total. The lowest BCUT2D eigenvalue weighted by atomic mass is 9.83. The van der Waals surface area contributed by atoms with E-state index >= 15 is 0 Å². The third kappa shape index (κ3) is 7.94. The lowest BCUT2D eigenvalue weighted by Crippen LogP contribution is -2.46. The van der Waals surface area contributed by atoms with Crippen molar-refractivity contribution in [1.29, 1.82) is 0 Å². The lowest BCUT2D eigenvalue weighted by Gasteiger charge is -2.38. The summed E-state index contributed by atoms with van der Waals surface area (Å²) < 4.78 is 21.6. The van der Waals surface area contributed by atoms with Crippen molar-refractivity contribution in [3.8, 4) is 0 Å². The number of fused-ring (bicyclic) bond motifs is 6. The first-order valence-corrected chi connectivity index (χ1v) is 17.7. The summed E-state index contributed by atoms with van der Waals surface area (Å²) in [4.78, 5) is 53.8. The predicted molar refractivity (Wildman–Crippen MR) is 189 cm³/mol. The van der Waals surface area contributed by atoms with Crippen molar-refractivity contribution in [3.63, 3.8) is 0 Å². The van der Waals surface area contributed by atoms with Crippen LogP contribution in [-0.2, 0) is 28.5 Å². The highest BCUT2D eigenvalue weighted by Gasteiger charge is 2.51. The van der Waals surface area contributed by atoms with Gasteiger partial charge in [0.05, 0.1) is 25.3 Å². The fourth-order valence-corrected chi connectivity index (χ4v) is 7.43. The summed E-state index contributed by atoms with van der Waals surface area (Å²) in [5.74, 6) is -0.584. The highest BCUT2D eigenvalue weighted by molar-refractivity contribution is 5.83. The smallest absolute Gasteiger partial charge is 0.410 e. The van der Waals surface area contributed by atoms with Gasteiger partial charge in [0.1, 0.15) is 23.3 Å². The number of carbonyl (C=O) groups is 4. The van der Waals surface area contributed by atoms with Crippen LogP contribution in [0.25, 0.3) is 0 Å². The Kier molecular flexibility index (Phi) is 10.9. The number of hydrogen-bond acceptors (Lipinski definition) is 10. The number of anilines is 2. The summed E-state index contributed by atoms with van der Waals surface area (Å²) in [7, 11) is 0. The topological polar surface area (TPSA) is 136 Å². The maximum atomic E-state index is 12.7. The van der Waals surface area contributed by atoms with Crippen LogP contribution >= 0.6 is 0 Å². The Morgan fingerprint density at radius 3 is 1.34 bits per heavy atom. The van der Waals surface area contributed by atoms with Crippen LogP contribution in [-0.4, -0.2) is 83.5 Å².